The molecule has 1 aromatic heterocycles. The highest BCUT2D eigenvalue weighted by molar-refractivity contribution is 5.75. The summed E-state index contributed by atoms with van der Waals surface area (Å²) in [6, 6.07) is 18.0. The molecule has 142 valence electrons. The molecule has 2 aromatic carbocycles. The van der Waals surface area contributed by atoms with E-state index in [-0.39, 0.29) is 5.69 Å². The fourth-order valence-corrected chi connectivity index (χ4v) is 3.01. The predicted molar refractivity (Wildman–Crippen MR) is 108 cm³/mol. The predicted octanol–water partition coefficient (Wildman–Crippen LogP) is 3.20. The van der Waals surface area contributed by atoms with E-state index in [2.05, 4.69) is 23.4 Å². The van der Waals surface area contributed by atoms with Crippen molar-refractivity contribution in [3.8, 4) is 0 Å². The quantitative estimate of drug-likeness (QED) is 0.645. The number of rotatable bonds is 7. The largest absolute Gasteiger partial charge is 0.374 e. The molecule has 1 N–H and O–H groups in total. The lowest BCUT2D eigenvalue weighted by atomic mass is 9.84. The molecule has 3 rings (SSSR count). The first-order valence-electron chi connectivity index (χ1n) is 8.88. The van der Waals surface area contributed by atoms with E-state index in [1.807, 2.05) is 60.7 Å². The van der Waals surface area contributed by atoms with Gasteiger partial charge in [-0.05, 0) is 11.1 Å². The zero-order valence-corrected chi connectivity index (χ0v) is 15.5. The second-order valence-corrected chi connectivity index (χ2v) is 6.23. The van der Waals surface area contributed by atoms with Crippen molar-refractivity contribution in [3.05, 3.63) is 109 Å². The van der Waals surface area contributed by atoms with Gasteiger partial charge in [-0.2, -0.15) is 5.10 Å². The summed E-state index contributed by atoms with van der Waals surface area (Å²) in [5, 5.41) is 20.1. The summed E-state index contributed by atoms with van der Waals surface area (Å²) < 4.78 is 0. The molecule has 0 unspecified atom stereocenters. The van der Waals surface area contributed by atoms with Crippen molar-refractivity contribution in [3.63, 3.8) is 0 Å². The topological polar surface area (TPSA) is 71.2 Å². The molecule has 6 nitrogen and oxygen atoms in total. The molecule has 0 bridgehead atoms. The highest BCUT2D eigenvalue weighted by Crippen LogP contribution is 2.35. The second-order valence-electron chi connectivity index (χ2n) is 6.23. The highest BCUT2D eigenvalue weighted by Gasteiger charge is 2.37. The van der Waals surface area contributed by atoms with Crippen molar-refractivity contribution >= 4 is 6.03 Å². The smallest absolute Gasteiger partial charge is 0.362 e. The average molecular weight is 374 g/mol. The monoisotopic (exact) mass is 374 g/mol. The summed E-state index contributed by atoms with van der Waals surface area (Å²) >= 11 is 0. The van der Waals surface area contributed by atoms with Gasteiger partial charge in [0.05, 0.1) is 6.20 Å². The van der Waals surface area contributed by atoms with Crippen molar-refractivity contribution in [1.29, 1.82) is 0 Å². The van der Waals surface area contributed by atoms with Crippen LogP contribution in [0.3, 0.4) is 0 Å². The Kier molecular flexibility index (Phi) is 5.81. The van der Waals surface area contributed by atoms with E-state index < -0.39 is 11.6 Å². The van der Waals surface area contributed by atoms with Gasteiger partial charge in [-0.15, -0.1) is 18.3 Å². The standard InChI is InChI=1S/C22H22N4O2/c1-3-15-25(16-4-2)21(27)26-23-17-20(24-26)22(28,18-11-7-5-8-12-18)19-13-9-6-10-14-19/h3-14,17,28H,1-2,15-16H2. The Hall–Kier alpha value is -3.51. The van der Waals surface area contributed by atoms with Crippen LogP contribution in [0.1, 0.15) is 16.8 Å². The lowest BCUT2D eigenvalue weighted by Gasteiger charge is -2.27. The molecule has 0 atom stereocenters. The number of amides is 1. The third-order valence-electron chi connectivity index (χ3n) is 4.39. The van der Waals surface area contributed by atoms with Crippen LogP contribution in [0.4, 0.5) is 4.79 Å². The highest BCUT2D eigenvalue weighted by atomic mass is 16.3. The van der Waals surface area contributed by atoms with Crippen LogP contribution in [0, 0.1) is 0 Å². The summed E-state index contributed by atoms with van der Waals surface area (Å²) in [4.78, 5) is 15.2. The van der Waals surface area contributed by atoms with Crippen LogP contribution in [-0.2, 0) is 5.60 Å². The number of benzene rings is 2. The third kappa shape index (κ3) is 3.63. The van der Waals surface area contributed by atoms with Gasteiger partial charge in [-0.1, -0.05) is 77.6 Å². The van der Waals surface area contributed by atoms with Crippen LogP contribution in [0.15, 0.2) is 92.2 Å². The Labute approximate surface area is 164 Å². The van der Waals surface area contributed by atoms with Gasteiger partial charge in [0.1, 0.15) is 5.69 Å². The molecule has 0 spiro atoms. The number of carbonyl (C=O) groups excluding carboxylic acids is 1. The van der Waals surface area contributed by atoms with Gasteiger partial charge in [0, 0.05) is 13.1 Å². The Morgan fingerprint density at radius 2 is 1.50 bits per heavy atom. The van der Waals surface area contributed by atoms with Crippen LogP contribution in [-0.4, -0.2) is 44.1 Å². The molecular formula is C22H22N4O2. The molecule has 28 heavy (non-hydrogen) atoms. The van der Waals surface area contributed by atoms with Crippen LogP contribution in [0.2, 0.25) is 0 Å². The van der Waals surface area contributed by atoms with Gasteiger partial charge in [-0.25, -0.2) is 4.79 Å². The van der Waals surface area contributed by atoms with E-state index >= 15 is 0 Å². The Morgan fingerprint density at radius 3 is 1.96 bits per heavy atom. The first-order chi connectivity index (χ1) is 13.6. The van der Waals surface area contributed by atoms with Gasteiger partial charge in [-0.3, -0.25) is 0 Å². The van der Waals surface area contributed by atoms with Gasteiger partial charge < -0.3 is 10.0 Å². The minimum absolute atomic E-state index is 0.260. The average Bonchev–Trinajstić information content (AvgIpc) is 3.24. The van der Waals surface area contributed by atoms with E-state index in [0.29, 0.717) is 24.2 Å². The van der Waals surface area contributed by atoms with E-state index in [1.165, 1.54) is 11.1 Å². The molecule has 0 fully saturated rings. The van der Waals surface area contributed by atoms with Crippen molar-refractivity contribution in [2.24, 2.45) is 0 Å². The zero-order chi connectivity index (χ0) is 20.0. The Morgan fingerprint density at radius 1 is 1.00 bits per heavy atom. The number of hydrogen-bond acceptors (Lipinski definition) is 4. The summed E-state index contributed by atoms with van der Waals surface area (Å²) in [6.07, 6.45) is 4.66. The second kappa shape index (κ2) is 8.45. The molecule has 0 saturated heterocycles. The molecule has 1 heterocycles. The number of aromatic nitrogens is 3. The summed E-state index contributed by atoms with van der Waals surface area (Å²) in [6.45, 7) is 8.00. The van der Waals surface area contributed by atoms with Crippen LogP contribution < -0.4 is 0 Å². The molecule has 0 radical (unpaired) electrons. The van der Waals surface area contributed by atoms with E-state index in [4.69, 9.17) is 0 Å². The Bertz CT molecular complexity index is 901. The van der Waals surface area contributed by atoms with Crippen molar-refractivity contribution in [2.45, 2.75) is 5.60 Å². The maximum atomic E-state index is 12.7. The summed E-state index contributed by atoms with van der Waals surface area (Å²) in [7, 11) is 0. The van der Waals surface area contributed by atoms with E-state index in [1.54, 1.807) is 12.2 Å². The first kappa shape index (κ1) is 19.3. The number of nitrogens with zero attached hydrogens (tertiary/aromatic N) is 4. The Balaban J connectivity index is 2.05. The van der Waals surface area contributed by atoms with E-state index in [9.17, 15) is 9.90 Å². The zero-order valence-electron chi connectivity index (χ0n) is 15.5. The number of aliphatic hydroxyl groups is 1. The van der Waals surface area contributed by atoms with Crippen molar-refractivity contribution < 1.29 is 9.90 Å². The third-order valence-corrected chi connectivity index (χ3v) is 4.39. The summed E-state index contributed by atoms with van der Waals surface area (Å²) in [5.74, 6) is 0. The molecule has 6 heteroatoms. The molecular weight excluding hydrogens is 352 g/mol. The summed E-state index contributed by atoms with van der Waals surface area (Å²) in [5.41, 5.74) is -0.0113. The van der Waals surface area contributed by atoms with Gasteiger partial charge in [0.2, 0.25) is 0 Å². The van der Waals surface area contributed by atoms with Crippen molar-refractivity contribution in [1.82, 2.24) is 19.9 Å². The maximum Gasteiger partial charge on any atom is 0.362 e. The minimum Gasteiger partial charge on any atom is -0.374 e. The van der Waals surface area contributed by atoms with Crippen molar-refractivity contribution in [2.75, 3.05) is 13.1 Å². The minimum atomic E-state index is -1.54. The molecule has 0 aliphatic carbocycles. The molecule has 1 amide bonds. The lowest BCUT2D eigenvalue weighted by molar-refractivity contribution is 0.120. The maximum absolute atomic E-state index is 12.7. The van der Waals surface area contributed by atoms with Crippen LogP contribution in [0.5, 0.6) is 0 Å². The molecule has 0 aliphatic heterocycles. The molecule has 0 saturated carbocycles. The fourth-order valence-electron chi connectivity index (χ4n) is 3.01. The van der Waals surface area contributed by atoms with Gasteiger partial charge >= 0.3 is 6.03 Å². The SMILES string of the molecule is C=CCN(CC=C)C(=O)n1ncc(C(O)(c2ccccc2)c2ccccc2)n1. The van der Waals surface area contributed by atoms with E-state index in [0.717, 1.165) is 4.80 Å². The normalized spacial score (nSPS) is 11.0. The fraction of sp³-hybridized carbons (Fsp3) is 0.136. The van der Waals surface area contributed by atoms with Gasteiger partial charge in [0.15, 0.2) is 5.60 Å². The first-order valence-corrected chi connectivity index (χ1v) is 8.88. The van der Waals surface area contributed by atoms with Gasteiger partial charge in [0.25, 0.3) is 0 Å². The number of carbonyl (C=O) groups is 1. The molecule has 3 aromatic rings. The van der Waals surface area contributed by atoms with Crippen LogP contribution >= 0.6 is 0 Å². The lowest BCUT2D eigenvalue weighted by Crippen LogP contribution is -2.37. The van der Waals surface area contributed by atoms with Crippen LogP contribution in [0.25, 0.3) is 0 Å². The molecule has 0 aliphatic rings. The number of hydrogen-bond donors (Lipinski definition) is 1.